The first-order valence-corrected chi connectivity index (χ1v) is 19.5. The molecule has 0 saturated heterocycles. The fraction of sp³-hybridized carbons (Fsp3) is 0. The molecule has 8 aromatic carbocycles. The van der Waals surface area contributed by atoms with Crippen molar-refractivity contribution in [3.05, 3.63) is 206 Å². The van der Waals surface area contributed by atoms with Crippen LogP contribution >= 0.6 is 0 Å². The molecule has 4 heteroatoms. The molecule has 0 aliphatic rings. The number of fused-ring (bicyclic) bond motifs is 9. The predicted octanol–water partition coefficient (Wildman–Crippen LogP) is 13.7. The molecule has 12 aromatic rings. The van der Waals surface area contributed by atoms with Crippen LogP contribution < -0.4 is 0 Å². The van der Waals surface area contributed by atoms with Gasteiger partial charge in [0, 0.05) is 61.1 Å². The van der Waals surface area contributed by atoms with E-state index < -0.39 is 0 Å². The van der Waals surface area contributed by atoms with Crippen molar-refractivity contribution in [3.63, 3.8) is 0 Å². The highest BCUT2D eigenvalue weighted by Crippen LogP contribution is 2.39. The first-order valence-electron chi connectivity index (χ1n) is 19.5. The Kier molecular flexibility index (Phi) is 6.89. The minimum Gasteiger partial charge on any atom is -0.309 e. The zero-order valence-corrected chi connectivity index (χ0v) is 30.9. The lowest BCUT2D eigenvalue weighted by molar-refractivity contribution is 1.14. The fourth-order valence-electron chi connectivity index (χ4n) is 9.08. The normalized spacial score (nSPS) is 11.9. The summed E-state index contributed by atoms with van der Waals surface area (Å²) in [5, 5.41) is 7.34. The zero-order chi connectivity index (χ0) is 37.5. The van der Waals surface area contributed by atoms with Crippen molar-refractivity contribution in [2.75, 3.05) is 0 Å². The van der Waals surface area contributed by atoms with Gasteiger partial charge in [-0.1, -0.05) is 115 Å². The summed E-state index contributed by atoms with van der Waals surface area (Å²) in [6.07, 6.45) is 2.01. The maximum atomic E-state index is 5.06. The molecule has 0 spiro atoms. The maximum absolute atomic E-state index is 5.06. The summed E-state index contributed by atoms with van der Waals surface area (Å²) in [5.74, 6) is 0. The second-order valence-electron chi connectivity index (χ2n) is 14.8. The van der Waals surface area contributed by atoms with Crippen LogP contribution in [0.3, 0.4) is 0 Å². The molecule has 0 radical (unpaired) electrons. The number of hydrogen-bond acceptors (Lipinski definition) is 1. The van der Waals surface area contributed by atoms with E-state index in [1.165, 1.54) is 65.8 Å². The first kappa shape index (κ1) is 31.6. The third kappa shape index (κ3) is 4.84. The van der Waals surface area contributed by atoms with Crippen molar-refractivity contribution in [2.45, 2.75) is 0 Å². The molecule has 4 aromatic heterocycles. The second-order valence-corrected chi connectivity index (χ2v) is 14.8. The molecule has 0 aliphatic heterocycles. The Balaban J connectivity index is 0.949. The van der Waals surface area contributed by atoms with Gasteiger partial charge in [0.1, 0.15) is 5.65 Å². The van der Waals surface area contributed by atoms with E-state index in [0.717, 1.165) is 39.1 Å². The summed E-state index contributed by atoms with van der Waals surface area (Å²) < 4.78 is 7.02. The van der Waals surface area contributed by atoms with E-state index in [0.29, 0.717) is 0 Å². The Morgan fingerprint density at radius 3 is 1.19 bits per heavy atom. The highest BCUT2D eigenvalue weighted by atomic mass is 15.0. The molecule has 12 rings (SSSR count). The van der Waals surface area contributed by atoms with E-state index in [9.17, 15) is 0 Å². The number of para-hydroxylation sites is 5. The number of hydrogen-bond donors (Lipinski definition) is 0. The Bertz CT molecular complexity index is 3500. The third-order valence-electron chi connectivity index (χ3n) is 11.7. The Morgan fingerprint density at radius 1 is 0.263 bits per heavy atom. The van der Waals surface area contributed by atoms with E-state index in [1.807, 2.05) is 6.20 Å². The number of rotatable bonds is 5. The van der Waals surface area contributed by atoms with Crippen LogP contribution in [-0.2, 0) is 0 Å². The van der Waals surface area contributed by atoms with Gasteiger partial charge in [0.2, 0.25) is 0 Å². The van der Waals surface area contributed by atoms with Crippen LogP contribution in [0, 0.1) is 0 Å². The largest absolute Gasteiger partial charge is 0.309 e. The van der Waals surface area contributed by atoms with Crippen LogP contribution in [0.5, 0.6) is 0 Å². The van der Waals surface area contributed by atoms with Gasteiger partial charge in [-0.15, -0.1) is 0 Å². The van der Waals surface area contributed by atoms with Crippen molar-refractivity contribution < 1.29 is 0 Å². The van der Waals surface area contributed by atoms with Gasteiger partial charge in [-0.05, 0) is 102 Å². The van der Waals surface area contributed by atoms with Crippen molar-refractivity contribution in [1.29, 1.82) is 0 Å². The summed E-state index contributed by atoms with van der Waals surface area (Å²) in [6.45, 7) is 0. The van der Waals surface area contributed by atoms with Gasteiger partial charge >= 0.3 is 0 Å². The molecule has 0 unspecified atom stereocenters. The van der Waals surface area contributed by atoms with Crippen molar-refractivity contribution >= 4 is 65.5 Å². The van der Waals surface area contributed by atoms with E-state index in [1.54, 1.807) is 0 Å². The average molecular weight is 727 g/mol. The number of pyridine rings is 1. The number of nitrogens with zero attached hydrogens (tertiary/aromatic N) is 4. The molecule has 266 valence electrons. The van der Waals surface area contributed by atoms with Crippen molar-refractivity contribution in [1.82, 2.24) is 18.7 Å². The van der Waals surface area contributed by atoms with Crippen LogP contribution in [0.15, 0.2) is 206 Å². The fourth-order valence-corrected chi connectivity index (χ4v) is 9.08. The summed E-state index contributed by atoms with van der Waals surface area (Å²) in [5.41, 5.74) is 15.0. The molecule has 0 aliphatic carbocycles. The lowest BCUT2D eigenvalue weighted by atomic mass is 10.0. The molecule has 0 amide bonds. The van der Waals surface area contributed by atoms with Crippen LogP contribution in [-0.4, -0.2) is 18.7 Å². The molecule has 0 bridgehead atoms. The van der Waals surface area contributed by atoms with Gasteiger partial charge in [0.25, 0.3) is 0 Å². The number of benzene rings is 8. The topological polar surface area (TPSA) is 27.7 Å². The Hall–Kier alpha value is -7.69. The lowest BCUT2D eigenvalue weighted by Gasteiger charge is -2.10. The van der Waals surface area contributed by atoms with E-state index in [4.69, 9.17) is 4.98 Å². The molecule has 0 fully saturated rings. The molecule has 0 atom stereocenters. The highest BCUT2D eigenvalue weighted by molar-refractivity contribution is 6.13. The van der Waals surface area contributed by atoms with Crippen molar-refractivity contribution in [3.8, 4) is 39.3 Å². The van der Waals surface area contributed by atoms with Crippen LogP contribution in [0.4, 0.5) is 0 Å². The maximum Gasteiger partial charge on any atom is 0.145 e. The monoisotopic (exact) mass is 726 g/mol. The third-order valence-corrected chi connectivity index (χ3v) is 11.7. The first-order chi connectivity index (χ1) is 28.3. The predicted molar refractivity (Wildman–Crippen MR) is 238 cm³/mol. The van der Waals surface area contributed by atoms with Crippen LogP contribution in [0.2, 0.25) is 0 Å². The Morgan fingerprint density at radius 2 is 0.649 bits per heavy atom. The van der Waals surface area contributed by atoms with Gasteiger partial charge < -0.3 is 9.13 Å². The molecular formula is C53H34N4. The molecule has 0 saturated carbocycles. The summed E-state index contributed by atoms with van der Waals surface area (Å²) in [6, 6.07) is 72.3. The SMILES string of the molecule is c1ccc(-n2c3ccccc3c3cc(-c4ccc5c(c4)c4ccccc4n5-c4ccc(-c5cnc6c(c5)c5ccccc5n6-c5ccccc5)cc4)ccc32)cc1. The molecule has 57 heavy (non-hydrogen) atoms. The van der Waals surface area contributed by atoms with Gasteiger partial charge in [-0.2, -0.15) is 0 Å². The average Bonchev–Trinajstić information content (AvgIpc) is 3.92. The highest BCUT2D eigenvalue weighted by Gasteiger charge is 2.17. The molecule has 4 nitrogen and oxygen atoms in total. The minimum atomic E-state index is 0.964. The van der Waals surface area contributed by atoms with Crippen LogP contribution in [0.1, 0.15) is 0 Å². The number of aromatic nitrogens is 4. The second kappa shape index (κ2) is 12.4. The standard InChI is InChI=1S/C53H34N4/c1-3-13-39(14-4-1)55-48-20-10-7-17-42(48)45-31-36(25-29-51(45)55)37-26-30-52-46(32-37)43-18-8-11-21-49(43)56(52)41-27-23-35(24-28-41)38-33-47-44-19-9-12-22-50(44)57(53(47)54-34-38)40-15-5-2-6-16-40/h1-34H. The van der Waals surface area contributed by atoms with Gasteiger partial charge in [-0.25, -0.2) is 4.98 Å². The lowest BCUT2D eigenvalue weighted by Crippen LogP contribution is -1.95. The molecule has 4 heterocycles. The summed E-state index contributed by atoms with van der Waals surface area (Å²) in [7, 11) is 0. The zero-order valence-electron chi connectivity index (χ0n) is 30.9. The van der Waals surface area contributed by atoms with E-state index in [2.05, 4.69) is 214 Å². The van der Waals surface area contributed by atoms with E-state index in [-0.39, 0.29) is 0 Å². The van der Waals surface area contributed by atoms with Crippen molar-refractivity contribution in [2.24, 2.45) is 0 Å². The van der Waals surface area contributed by atoms with Gasteiger partial charge in [0.05, 0.1) is 27.6 Å². The van der Waals surface area contributed by atoms with Crippen LogP contribution in [0.25, 0.3) is 105 Å². The van der Waals surface area contributed by atoms with Gasteiger partial charge in [-0.3, -0.25) is 4.57 Å². The summed E-state index contributed by atoms with van der Waals surface area (Å²) in [4.78, 5) is 5.06. The quantitative estimate of drug-likeness (QED) is 0.174. The van der Waals surface area contributed by atoms with Gasteiger partial charge in [0.15, 0.2) is 0 Å². The van der Waals surface area contributed by atoms with E-state index >= 15 is 0 Å². The smallest absolute Gasteiger partial charge is 0.145 e. The summed E-state index contributed by atoms with van der Waals surface area (Å²) >= 11 is 0. The molecule has 0 N–H and O–H groups in total. The minimum absolute atomic E-state index is 0.964. The molecular weight excluding hydrogens is 693 g/mol. The Labute approximate surface area is 328 Å².